The maximum atomic E-state index is 10.5. The fourth-order valence-electron chi connectivity index (χ4n) is 3.32. The van der Waals surface area contributed by atoms with Crippen molar-refractivity contribution in [2.45, 2.75) is 19.1 Å². The van der Waals surface area contributed by atoms with Crippen LogP contribution in [0.3, 0.4) is 0 Å². The highest BCUT2D eigenvalue weighted by Crippen LogP contribution is 2.29. The number of benzene rings is 3. The van der Waals surface area contributed by atoms with E-state index in [1.807, 2.05) is 73.7 Å². The highest BCUT2D eigenvalue weighted by atomic mass is 16.5. The Kier molecular flexibility index (Phi) is 8.07. The van der Waals surface area contributed by atoms with Crippen LogP contribution >= 0.6 is 0 Å². The monoisotopic (exact) mass is 403 g/mol. The van der Waals surface area contributed by atoms with Crippen molar-refractivity contribution < 1.29 is 14.6 Å². The molecule has 1 unspecified atom stereocenters. The molecule has 1 atom stereocenters. The maximum absolute atomic E-state index is 10.5. The Morgan fingerprint density at radius 2 is 1.53 bits per heavy atom. The number of nitrogens with one attached hydrogen (secondary N) is 1. The van der Waals surface area contributed by atoms with Crippen LogP contribution < -0.4 is 14.8 Å². The molecule has 0 bridgehead atoms. The van der Waals surface area contributed by atoms with Crippen molar-refractivity contribution >= 4 is 6.08 Å². The van der Waals surface area contributed by atoms with E-state index in [4.69, 9.17) is 9.47 Å². The van der Waals surface area contributed by atoms with Gasteiger partial charge in [-0.1, -0.05) is 78.9 Å². The first-order chi connectivity index (χ1) is 14.7. The molecule has 0 aliphatic rings. The minimum Gasteiger partial charge on any atom is -0.493 e. The topological polar surface area (TPSA) is 50.7 Å². The molecule has 0 aliphatic carbocycles. The normalized spacial score (nSPS) is 12.3. The molecule has 30 heavy (non-hydrogen) atoms. The molecule has 3 aromatic rings. The second-order valence-corrected chi connectivity index (χ2v) is 7.04. The molecular weight excluding hydrogens is 374 g/mol. The summed E-state index contributed by atoms with van der Waals surface area (Å²) >= 11 is 0. The maximum Gasteiger partial charge on any atom is 0.161 e. The summed E-state index contributed by atoms with van der Waals surface area (Å²) in [6.07, 6.45) is 3.30. The number of hydrogen-bond donors (Lipinski definition) is 2. The quantitative estimate of drug-likeness (QED) is 0.508. The molecule has 4 heteroatoms. The molecule has 0 aromatic heterocycles. The number of methoxy groups -OCH3 is 1. The molecule has 0 spiro atoms. The van der Waals surface area contributed by atoms with Crippen molar-refractivity contribution in [3.05, 3.63) is 102 Å². The zero-order valence-electron chi connectivity index (χ0n) is 17.5. The lowest BCUT2D eigenvalue weighted by Gasteiger charge is -2.22. The van der Waals surface area contributed by atoms with Gasteiger partial charge in [-0.25, -0.2) is 0 Å². The Morgan fingerprint density at radius 3 is 2.10 bits per heavy atom. The van der Waals surface area contributed by atoms with Crippen molar-refractivity contribution in [1.82, 2.24) is 5.32 Å². The lowest BCUT2D eigenvalue weighted by atomic mass is 9.98. The van der Waals surface area contributed by atoms with Crippen LogP contribution in [0, 0.1) is 0 Å². The van der Waals surface area contributed by atoms with Gasteiger partial charge < -0.3 is 19.9 Å². The van der Waals surface area contributed by atoms with E-state index < -0.39 is 6.10 Å². The fraction of sp³-hybridized carbons (Fsp3) is 0.231. The Labute approximate surface area is 178 Å². The van der Waals surface area contributed by atoms with Crippen LogP contribution in [0.5, 0.6) is 11.5 Å². The van der Waals surface area contributed by atoms with Gasteiger partial charge in [-0.15, -0.1) is 0 Å². The molecule has 0 saturated carbocycles. The van der Waals surface area contributed by atoms with Gasteiger partial charge >= 0.3 is 0 Å². The molecule has 2 N–H and O–H groups in total. The van der Waals surface area contributed by atoms with Crippen LogP contribution in [0.2, 0.25) is 0 Å². The van der Waals surface area contributed by atoms with Gasteiger partial charge in [0.2, 0.25) is 0 Å². The molecule has 4 nitrogen and oxygen atoms in total. The second kappa shape index (κ2) is 11.2. The summed E-state index contributed by atoms with van der Waals surface area (Å²) in [5.74, 6) is 1.27. The van der Waals surface area contributed by atoms with E-state index in [9.17, 15) is 5.11 Å². The summed E-state index contributed by atoms with van der Waals surface area (Å²) in [6, 6.07) is 26.2. The largest absolute Gasteiger partial charge is 0.493 e. The first-order valence-corrected chi connectivity index (χ1v) is 10.2. The Hall–Kier alpha value is -3.08. The van der Waals surface area contributed by atoms with E-state index in [0.29, 0.717) is 18.0 Å². The Bertz CT molecular complexity index is 886. The van der Waals surface area contributed by atoms with Gasteiger partial charge in [-0.05, 0) is 35.7 Å². The summed E-state index contributed by atoms with van der Waals surface area (Å²) in [6.45, 7) is 2.54. The lowest BCUT2D eigenvalue weighted by Crippen LogP contribution is -2.34. The van der Waals surface area contributed by atoms with Crippen molar-refractivity contribution in [3.63, 3.8) is 0 Å². The molecule has 0 heterocycles. The zero-order chi connectivity index (χ0) is 21.2. The van der Waals surface area contributed by atoms with Gasteiger partial charge in [0.1, 0.15) is 12.7 Å². The highest BCUT2D eigenvalue weighted by Gasteiger charge is 2.16. The van der Waals surface area contributed by atoms with E-state index in [1.165, 1.54) is 0 Å². The Balaban J connectivity index is 1.62. The van der Waals surface area contributed by atoms with Crippen molar-refractivity contribution in [3.8, 4) is 11.5 Å². The van der Waals surface area contributed by atoms with Crippen molar-refractivity contribution in [2.24, 2.45) is 0 Å². The van der Waals surface area contributed by atoms with E-state index in [-0.39, 0.29) is 12.6 Å². The van der Waals surface area contributed by atoms with Gasteiger partial charge in [-0.2, -0.15) is 0 Å². The van der Waals surface area contributed by atoms with Crippen LogP contribution in [-0.4, -0.2) is 31.5 Å². The molecule has 3 aromatic carbocycles. The molecule has 0 amide bonds. The van der Waals surface area contributed by atoms with Crippen LogP contribution in [0.15, 0.2) is 84.9 Å². The number of allylic oxidation sites excluding steroid dienone is 1. The predicted octanol–water partition coefficient (Wildman–Crippen LogP) is 4.85. The van der Waals surface area contributed by atoms with Gasteiger partial charge in [-0.3, -0.25) is 0 Å². The van der Waals surface area contributed by atoms with Crippen LogP contribution in [-0.2, 0) is 0 Å². The molecule has 0 radical (unpaired) electrons. The summed E-state index contributed by atoms with van der Waals surface area (Å²) < 4.78 is 11.2. The molecule has 0 fully saturated rings. The molecule has 0 aliphatic heterocycles. The number of aliphatic hydroxyl groups is 1. The fourth-order valence-corrected chi connectivity index (χ4v) is 3.32. The van der Waals surface area contributed by atoms with Gasteiger partial charge in [0, 0.05) is 6.54 Å². The van der Waals surface area contributed by atoms with Crippen LogP contribution in [0.25, 0.3) is 6.08 Å². The van der Waals surface area contributed by atoms with Crippen molar-refractivity contribution in [1.29, 1.82) is 0 Å². The average molecular weight is 404 g/mol. The minimum atomic E-state index is -0.667. The predicted molar refractivity (Wildman–Crippen MR) is 122 cm³/mol. The molecule has 156 valence electrons. The molecule has 3 rings (SSSR count). The average Bonchev–Trinajstić information content (AvgIpc) is 2.80. The Morgan fingerprint density at radius 1 is 0.900 bits per heavy atom. The van der Waals surface area contributed by atoms with E-state index in [2.05, 4.69) is 29.6 Å². The summed E-state index contributed by atoms with van der Waals surface area (Å²) in [7, 11) is 1.62. The molecule has 0 saturated heterocycles. The third kappa shape index (κ3) is 5.96. The van der Waals surface area contributed by atoms with E-state index in [0.717, 1.165) is 16.7 Å². The van der Waals surface area contributed by atoms with Gasteiger partial charge in [0.25, 0.3) is 0 Å². The number of rotatable bonds is 10. The number of ether oxygens (including phenoxy) is 2. The van der Waals surface area contributed by atoms with Crippen LogP contribution in [0.1, 0.15) is 29.7 Å². The minimum absolute atomic E-state index is 0.00305. The summed E-state index contributed by atoms with van der Waals surface area (Å²) in [4.78, 5) is 0. The standard InChI is InChI=1S/C26H29NO3/c1-3-10-20-15-16-24(25(17-20)29-2)30-19-23(28)18-27-26(21-11-6-4-7-12-21)22-13-8-5-9-14-22/h3-17,23,26-28H,18-19H2,1-2H3. The second-order valence-electron chi connectivity index (χ2n) is 7.04. The lowest BCUT2D eigenvalue weighted by molar-refractivity contribution is 0.103. The zero-order valence-corrected chi connectivity index (χ0v) is 17.5. The first kappa shape index (κ1) is 21.6. The van der Waals surface area contributed by atoms with Gasteiger partial charge in [0.05, 0.1) is 13.2 Å². The molecular formula is C26H29NO3. The van der Waals surface area contributed by atoms with Gasteiger partial charge in [0.15, 0.2) is 11.5 Å². The third-order valence-electron chi connectivity index (χ3n) is 4.80. The summed E-state index contributed by atoms with van der Waals surface area (Å²) in [5.41, 5.74) is 3.34. The number of hydrogen-bond acceptors (Lipinski definition) is 4. The SMILES string of the molecule is CC=Cc1ccc(OCC(O)CNC(c2ccccc2)c2ccccc2)c(OC)c1. The summed E-state index contributed by atoms with van der Waals surface area (Å²) in [5, 5.41) is 14.0. The smallest absolute Gasteiger partial charge is 0.161 e. The highest BCUT2D eigenvalue weighted by molar-refractivity contribution is 5.55. The van der Waals surface area contributed by atoms with E-state index >= 15 is 0 Å². The van der Waals surface area contributed by atoms with Crippen LogP contribution in [0.4, 0.5) is 0 Å². The first-order valence-electron chi connectivity index (χ1n) is 10.2. The van der Waals surface area contributed by atoms with E-state index in [1.54, 1.807) is 7.11 Å². The third-order valence-corrected chi connectivity index (χ3v) is 4.80. The van der Waals surface area contributed by atoms with Crippen molar-refractivity contribution in [2.75, 3.05) is 20.3 Å². The number of aliphatic hydroxyl groups excluding tert-OH is 1.